The van der Waals surface area contributed by atoms with Crippen LogP contribution in [0.5, 0.6) is 0 Å². The smallest absolute Gasteiger partial charge is 0.218 e. The lowest BCUT2D eigenvalue weighted by atomic mass is 10.2. The highest BCUT2D eigenvalue weighted by Crippen LogP contribution is 2.16. The maximum Gasteiger partial charge on any atom is 0.218 e. The molecule has 0 bridgehead atoms. The number of nitrogen functional groups attached to an aromatic ring is 1. The average Bonchev–Trinajstić information content (AvgIpc) is 2.27. The van der Waals surface area contributed by atoms with Crippen LogP contribution in [0, 0.1) is 0 Å². The number of sulfonamides is 1. The number of anilines is 1. The molecule has 6 nitrogen and oxygen atoms in total. The summed E-state index contributed by atoms with van der Waals surface area (Å²) in [6.07, 6.45) is 1.07. The number of hydrogen-bond acceptors (Lipinski definition) is 5. The van der Waals surface area contributed by atoms with Gasteiger partial charge in [-0.1, -0.05) is 18.2 Å². The van der Waals surface area contributed by atoms with Gasteiger partial charge in [-0.15, -0.1) is 0 Å². The van der Waals surface area contributed by atoms with Crippen LogP contribution in [0.15, 0.2) is 24.3 Å². The summed E-state index contributed by atoms with van der Waals surface area (Å²) in [4.78, 5) is 0. The predicted octanol–water partition coefficient (Wildman–Crippen LogP) is 0.0750. The number of sulfone groups is 1. The van der Waals surface area contributed by atoms with Gasteiger partial charge in [-0.25, -0.2) is 21.1 Å². The van der Waals surface area contributed by atoms with Crippen LogP contribution in [0.3, 0.4) is 0 Å². The van der Waals surface area contributed by atoms with E-state index in [1.165, 1.54) is 7.05 Å². The maximum absolute atomic E-state index is 12.0. The van der Waals surface area contributed by atoms with Crippen molar-refractivity contribution in [3.8, 4) is 0 Å². The average molecular weight is 306 g/mol. The molecule has 1 rings (SSSR count). The second-order valence-corrected chi connectivity index (χ2v) is 8.74. The molecule has 19 heavy (non-hydrogen) atoms. The minimum Gasteiger partial charge on any atom is -0.398 e. The third-order valence-corrected chi connectivity index (χ3v) is 5.38. The fourth-order valence-electron chi connectivity index (χ4n) is 1.41. The summed E-state index contributed by atoms with van der Waals surface area (Å²) in [5, 5.41) is 0. The highest BCUT2D eigenvalue weighted by Gasteiger charge is 2.20. The quantitative estimate of drug-likeness (QED) is 0.750. The summed E-state index contributed by atoms with van der Waals surface area (Å²) < 4.78 is 47.2. The van der Waals surface area contributed by atoms with Crippen LogP contribution in [-0.2, 0) is 25.6 Å². The van der Waals surface area contributed by atoms with Gasteiger partial charge in [0, 0.05) is 25.5 Å². The first-order chi connectivity index (χ1) is 8.62. The van der Waals surface area contributed by atoms with Crippen molar-refractivity contribution in [2.75, 3.05) is 31.3 Å². The molecule has 0 heterocycles. The SMILES string of the molecule is CN(CCS(C)(=O)=O)S(=O)(=O)Cc1ccccc1N. The molecule has 0 amide bonds. The molecule has 0 spiro atoms. The van der Waals surface area contributed by atoms with E-state index in [1.807, 2.05) is 0 Å². The number of nitrogens with two attached hydrogens (primary N) is 1. The summed E-state index contributed by atoms with van der Waals surface area (Å²) in [5.74, 6) is -0.438. The zero-order valence-corrected chi connectivity index (χ0v) is 12.5. The van der Waals surface area contributed by atoms with Crippen molar-refractivity contribution in [1.29, 1.82) is 0 Å². The summed E-state index contributed by atoms with van der Waals surface area (Å²) in [6.45, 7) is -0.0616. The van der Waals surface area contributed by atoms with Gasteiger partial charge in [0.25, 0.3) is 0 Å². The van der Waals surface area contributed by atoms with Gasteiger partial charge in [0.2, 0.25) is 10.0 Å². The van der Waals surface area contributed by atoms with E-state index in [9.17, 15) is 16.8 Å². The predicted molar refractivity (Wildman–Crippen MR) is 75.8 cm³/mol. The normalized spacial score (nSPS) is 12.8. The minimum absolute atomic E-state index is 0.0616. The van der Waals surface area contributed by atoms with Crippen LogP contribution in [0.1, 0.15) is 5.56 Å². The number of hydrogen-bond donors (Lipinski definition) is 1. The zero-order valence-electron chi connectivity index (χ0n) is 10.9. The van der Waals surface area contributed by atoms with E-state index in [1.54, 1.807) is 24.3 Å². The second kappa shape index (κ2) is 5.89. The van der Waals surface area contributed by atoms with Crippen molar-refractivity contribution in [1.82, 2.24) is 4.31 Å². The second-order valence-electron chi connectivity index (χ2n) is 4.41. The molecule has 2 N–H and O–H groups in total. The Hall–Kier alpha value is -1.12. The van der Waals surface area contributed by atoms with E-state index in [2.05, 4.69) is 0 Å². The molecule has 0 fully saturated rings. The van der Waals surface area contributed by atoms with Crippen molar-refractivity contribution in [2.45, 2.75) is 5.75 Å². The van der Waals surface area contributed by atoms with E-state index in [0.29, 0.717) is 11.3 Å². The number of benzene rings is 1. The van der Waals surface area contributed by atoms with E-state index in [0.717, 1.165) is 10.6 Å². The molecule has 8 heteroatoms. The molecule has 0 aliphatic carbocycles. The van der Waals surface area contributed by atoms with Crippen molar-refractivity contribution < 1.29 is 16.8 Å². The third-order valence-electron chi connectivity index (χ3n) is 2.64. The molecule has 0 saturated carbocycles. The first kappa shape index (κ1) is 15.9. The van der Waals surface area contributed by atoms with E-state index >= 15 is 0 Å². The Morgan fingerprint density at radius 2 is 1.74 bits per heavy atom. The molecule has 0 saturated heterocycles. The molecule has 1 aromatic rings. The van der Waals surface area contributed by atoms with Gasteiger partial charge in [-0.05, 0) is 11.6 Å². The lowest BCUT2D eigenvalue weighted by molar-refractivity contribution is 0.484. The molecule has 0 aromatic heterocycles. The highest BCUT2D eigenvalue weighted by atomic mass is 32.2. The lowest BCUT2D eigenvalue weighted by Gasteiger charge is -2.17. The van der Waals surface area contributed by atoms with Crippen LogP contribution in [-0.4, -0.2) is 46.7 Å². The fraction of sp³-hybridized carbons (Fsp3) is 0.455. The van der Waals surface area contributed by atoms with Gasteiger partial charge in [0.05, 0.1) is 11.5 Å². The Morgan fingerprint density at radius 1 is 1.16 bits per heavy atom. The summed E-state index contributed by atoms with van der Waals surface area (Å²) >= 11 is 0. The van der Waals surface area contributed by atoms with Crippen molar-refractivity contribution in [2.24, 2.45) is 0 Å². The Kier molecular flexibility index (Phi) is 4.94. The standard InChI is InChI=1S/C11H18N2O4S2/c1-13(7-8-18(2,14)15)19(16,17)9-10-5-3-4-6-11(10)12/h3-6H,7-9,12H2,1-2H3. The van der Waals surface area contributed by atoms with Gasteiger partial charge in [0.1, 0.15) is 9.84 Å². The van der Waals surface area contributed by atoms with Crippen LogP contribution in [0.25, 0.3) is 0 Å². The Morgan fingerprint density at radius 3 is 2.26 bits per heavy atom. The first-order valence-electron chi connectivity index (χ1n) is 5.57. The van der Waals surface area contributed by atoms with Crippen molar-refractivity contribution in [3.63, 3.8) is 0 Å². The maximum atomic E-state index is 12.0. The van der Waals surface area contributed by atoms with Crippen molar-refractivity contribution >= 4 is 25.5 Å². The number of para-hydroxylation sites is 1. The van der Waals surface area contributed by atoms with Crippen LogP contribution >= 0.6 is 0 Å². The molecule has 1 aromatic carbocycles. The van der Waals surface area contributed by atoms with Gasteiger partial charge < -0.3 is 5.73 Å². The molecule has 0 atom stereocenters. The number of nitrogens with zero attached hydrogens (tertiary/aromatic N) is 1. The largest absolute Gasteiger partial charge is 0.398 e. The minimum atomic E-state index is -3.57. The van der Waals surface area contributed by atoms with Crippen molar-refractivity contribution in [3.05, 3.63) is 29.8 Å². The zero-order chi connectivity index (χ0) is 14.7. The van der Waals surface area contributed by atoms with Gasteiger partial charge in [0.15, 0.2) is 0 Å². The van der Waals surface area contributed by atoms with Crippen LogP contribution in [0.4, 0.5) is 5.69 Å². The topological polar surface area (TPSA) is 97.5 Å². The van der Waals surface area contributed by atoms with E-state index in [-0.39, 0.29) is 18.1 Å². The Balaban J connectivity index is 2.79. The van der Waals surface area contributed by atoms with Gasteiger partial charge in [-0.2, -0.15) is 0 Å². The monoisotopic (exact) mass is 306 g/mol. The van der Waals surface area contributed by atoms with Gasteiger partial charge in [-0.3, -0.25) is 0 Å². The summed E-state index contributed by atoms with van der Waals surface area (Å²) in [7, 11) is -5.40. The highest BCUT2D eigenvalue weighted by molar-refractivity contribution is 7.90. The molecular formula is C11H18N2O4S2. The Labute approximate surface area is 114 Å². The molecule has 0 radical (unpaired) electrons. The molecule has 0 unspecified atom stereocenters. The Bertz CT molecular complexity index is 638. The lowest BCUT2D eigenvalue weighted by Crippen LogP contribution is -2.32. The fourth-order valence-corrected chi connectivity index (χ4v) is 3.37. The first-order valence-corrected chi connectivity index (χ1v) is 9.24. The molecule has 0 aliphatic rings. The number of rotatable bonds is 6. The van der Waals surface area contributed by atoms with Crippen LogP contribution in [0.2, 0.25) is 0 Å². The molecule has 108 valence electrons. The van der Waals surface area contributed by atoms with Gasteiger partial charge >= 0.3 is 0 Å². The molecule has 0 aliphatic heterocycles. The summed E-state index contributed by atoms with van der Waals surface area (Å²) in [6, 6.07) is 6.69. The molecular weight excluding hydrogens is 288 g/mol. The third kappa shape index (κ3) is 5.17. The van der Waals surface area contributed by atoms with E-state index < -0.39 is 19.9 Å². The van der Waals surface area contributed by atoms with E-state index in [4.69, 9.17) is 5.73 Å². The van der Waals surface area contributed by atoms with Crippen LogP contribution < -0.4 is 5.73 Å². The summed E-state index contributed by atoms with van der Waals surface area (Å²) in [5.41, 5.74) is 6.61.